The zero-order chi connectivity index (χ0) is 28.9. The minimum Gasteiger partial charge on any atom is -0.444 e. The summed E-state index contributed by atoms with van der Waals surface area (Å²) in [6.07, 6.45) is 0.426. The van der Waals surface area contributed by atoms with Crippen molar-refractivity contribution in [2.45, 2.75) is 51.2 Å². The standard InChI is InChI=1S/C27H26F2N8O4/c1-26(2,3)41-25(39)36-9-8-27(14-36)18-10-15(5-7-19(18)31-24(27)38)20-13-37(35-32-20)12-17-6-4-16(11-30-17)22-33-34-23(40-22)21(28)29/h4-7,10-11,13,21H,8-9,12,14H2,1-3H3,(H,31,38)/t27-/m0/s1. The number of nitrogens with zero attached hydrogens (tertiary/aromatic N) is 7. The highest BCUT2D eigenvalue weighted by Crippen LogP contribution is 2.45. The van der Waals surface area contributed by atoms with Crippen LogP contribution in [0.4, 0.5) is 19.3 Å². The van der Waals surface area contributed by atoms with Crippen molar-refractivity contribution in [3.63, 3.8) is 0 Å². The zero-order valence-corrected chi connectivity index (χ0v) is 22.5. The minimum atomic E-state index is -2.84. The van der Waals surface area contributed by atoms with Gasteiger partial charge in [0.1, 0.15) is 11.3 Å². The van der Waals surface area contributed by atoms with E-state index >= 15 is 0 Å². The molecule has 0 bridgehead atoms. The normalized spacial score (nSPS) is 18.3. The van der Waals surface area contributed by atoms with E-state index in [0.29, 0.717) is 42.1 Å². The van der Waals surface area contributed by atoms with Gasteiger partial charge in [0.2, 0.25) is 11.8 Å². The predicted octanol–water partition coefficient (Wildman–Crippen LogP) is 4.21. The minimum absolute atomic E-state index is 0.0405. The third kappa shape index (κ3) is 5.00. The number of carbonyl (C=O) groups is 2. The second-order valence-electron chi connectivity index (χ2n) is 11.0. The molecule has 0 aliphatic carbocycles. The van der Waals surface area contributed by atoms with Crippen molar-refractivity contribution in [1.29, 1.82) is 0 Å². The topological polar surface area (TPSA) is 141 Å². The van der Waals surface area contributed by atoms with Gasteiger partial charge in [-0.2, -0.15) is 8.78 Å². The summed E-state index contributed by atoms with van der Waals surface area (Å²) in [6.45, 7) is 6.37. The Bertz CT molecular complexity index is 1630. The van der Waals surface area contributed by atoms with Crippen molar-refractivity contribution in [2.75, 3.05) is 18.4 Å². The lowest BCUT2D eigenvalue weighted by molar-refractivity contribution is -0.120. The maximum Gasteiger partial charge on any atom is 0.410 e. The third-order valence-corrected chi connectivity index (χ3v) is 7.00. The summed E-state index contributed by atoms with van der Waals surface area (Å²) in [5, 5.41) is 18.4. The number of amides is 2. The first-order valence-electron chi connectivity index (χ1n) is 12.9. The molecule has 3 aromatic heterocycles. The van der Waals surface area contributed by atoms with E-state index in [9.17, 15) is 18.4 Å². The molecule has 1 aromatic carbocycles. The van der Waals surface area contributed by atoms with Crippen LogP contribution in [0.1, 0.15) is 50.8 Å². The zero-order valence-electron chi connectivity index (χ0n) is 22.5. The molecule has 12 nitrogen and oxygen atoms in total. The summed E-state index contributed by atoms with van der Waals surface area (Å²) in [6, 6.07) is 8.97. The van der Waals surface area contributed by atoms with E-state index in [1.54, 1.807) is 27.9 Å². The van der Waals surface area contributed by atoms with Crippen molar-refractivity contribution in [3.05, 3.63) is 59.9 Å². The number of benzene rings is 1. The average molecular weight is 565 g/mol. The molecule has 6 rings (SSSR count). The Morgan fingerprint density at radius 2 is 1.98 bits per heavy atom. The number of anilines is 1. The summed E-state index contributed by atoms with van der Waals surface area (Å²) in [5.74, 6) is -0.925. The van der Waals surface area contributed by atoms with E-state index in [1.165, 1.54) is 6.20 Å². The van der Waals surface area contributed by atoms with Crippen LogP contribution in [-0.2, 0) is 21.5 Å². The molecule has 2 aliphatic heterocycles. The van der Waals surface area contributed by atoms with Crippen LogP contribution in [0.25, 0.3) is 22.7 Å². The first-order chi connectivity index (χ1) is 19.5. The number of pyridine rings is 1. The van der Waals surface area contributed by atoms with Crippen molar-refractivity contribution in [3.8, 4) is 22.7 Å². The second kappa shape index (κ2) is 9.71. The molecule has 0 saturated carbocycles. The van der Waals surface area contributed by atoms with Gasteiger partial charge >= 0.3 is 12.5 Å². The summed E-state index contributed by atoms with van der Waals surface area (Å²) < 4.78 is 37.5. The SMILES string of the molecule is CC(C)(C)OC(=O)N1CC[C@@]2(C1)C(=O)Nc1ccc(-c3cn(Cc4ccc(-c5nnc(C(F)F)o5)cn4)nn3)cc12. The van der Waals surface area contributed by atoms with Gasteiger partial charge in [0.15, 0.2) is 0 Å². The van der Waals surface area contributed by atoms with E-state index in [0.717, 1.165) is 11.1 Å². The van der Waals surface area contributed by atoms with Crippen molar-refractivity contribution in [2.24, 2.45) is 0 Å². The molecular weight excluding hydrogens is 538 g/mol. The fourth-order valence-electron chi connectivity index (χ4n) is 5.03. The Morgan fingerprint density at radius 3 is 2.68 bits per heavy atom. The molecule has 0 radical (unpaired) electrons. The molecule has 41 heavy (non-hydrogen) atoms. The van der Waals surface area contributed by atoms with Crippen LogP contribution in [0.15, 0.2) is 47.1 Å². The highest BCUT2D eigenvalue weighted by atomic mass is 19.3. The molecule has 0 unspecified atom stereocenters. The Kier molecular flexibility index (Phi) is 6.27. The highest BCUT2D eigenvalue weighted by molar-refractivity contribution is 6.07. The van der Waals surface area contributed by atoms with Crippen LogP contribution in [0.3, 0.4) is 0 Å². The monoisotopic (exact) mass is 564 g/mol. The molecule has 1 saturated heterocycles. The Balaban J connectivity index is 1.18. The van der Waals surface area contributed by atoms with Gasteiger partial charge in [0.25, 0.3) is 5.89 Å². The lowest BCUT2D eigenvalue weighted by Gasteiger charge is -2.26. The van der Waals surface area contributed by atoms with Crippen LogP contribution >= 0.6 is 0 Å². The van der Waals surface area contributed by atoms with Crippen LogP contribution in [0.2, 0.25) is 0 Å². The van der Waals surface area contributed by atoms with E-state index in [1.807, 2.05) is 39.0 Å². The van der Waals surface area contributed by atoms with Crippen LogP contribution < -0.4 is 5.32 Å². The van der Waals surface area contributed by atoms with Crippen molar-refractivity contribution in [1.82, 2.24) is 35.1 Å². The number of carbonyl (C=O) groups excluding carboxylic acids is 2. The molecule has 1 spiro atoms. The first kappa shape index (κ1) is 26.5. The van der Waals surface area contributed by atoms with Crippen LogP contribution in [0.5, 0.6) is 0 Å². The van der Waals surface area contributed by atoms with Gasteiger partial charge in [-0.3, -0.25) is 9.78 Å². The summed E-state index contributed by atoms with van der Waals surface area (Å²) in [5.41, 5.74) is 2.47. The molecule has 1 N–H and O–H groups in total. The van der Waals surface area contributed by atoms with E-state index in [4.69, 9.17) is 9.15 Å². The van der Waals surface area contributed by atoms with Crippen molar-refractivity contribution < 1.29 is 27.5 Å². The number of hydrogen-bond donors (Lipinski definition) is 1. The molecule has 4 aromatic rings. The lowest BCUT2D eigenvalue weighted by Crippen LogP contribution is -2.41. The van der Waals surface area contributed by atoms with Gasteiger partial charge in [-0.15, -0.1) is 15.3 Å². The number of hydrogen-bond acceptors (Lipinski definition) is 9. The number of halogens is 2. The van der Waals surface area contributed by atoms with Crippen LogP contribution in [-0.4, -0.2) is 65.8 Å². The second-order valence-corrected chi connectivity index (χ2v) is 11.0. The number of rotatable bonds is 5. The molecule has 2 amide bonds. The smallest absolute Gasteiger partial charge is 0.410 e. The number of fused-ring (bicyclic) bond motifs is 2. The fourth-order valence-corrected chi connectivity index (χ4v) is 5.03. The van der Waals surface area contributed by atoms with Gasteiger partial charge in [0, 0.05) is 30.5 Å². The van der Waals surface area contributed by atoms with Gasteiger partial charge in [-0.05, 0) is 57.0 Å². The number of nitrogens with one attached hydrogen (secondary N) is 1. The lowest BCUT2D eigenvalue weighted by atomic mass is 9.80. The Hall–Kier alpha value is -4.75. The van der Waals surface area contributed by atoms with Crippen molar-refractivity contribution >= 4 is 17.7 Å². The van der Waals surface area contributed by atoms with Gasteiger partial charge in [0.05, 0.1) is 29.4 Å². The number of ether oxygens (including phenoxy) is 1. The first-order valence-corrected chi connectivity index (χ1v) is 12.9. The summed E-state index contributed by atoms with van der Waals surface area (Å²) in [4.78, 5) is 31.7. The Labute approximate surface area is 232 Å². The largest absolute Gasteiger partial charge is 0.444 e. The van der Waals surface area contributed by atoms with Gasteiger partial charge < -0.3 is 19.4 Å². The number of aromatic nitrogens is 6. The quantitative estimate of drug-likeness (QED) is 0.377. The average Bonchev–Trinajstić information content (AvgIpc) is 3.71. The molecule has 5 heterocycles. The highest BCUT2D eigenvalue weighted by Gasteiger charge is 2.52. The van der Waals surface area contributed by atoms with Gasteiger partial charge in [-0.25, -0.2) is 9.48 Å². The predicted molar refractivity (Wildman–Crippen MR) is 140 cm³/mol. The van der Waals surface area contributed by atoms with Crippen LogP contribution in [0, 0.1) is 0 Å². The number of alkyl halides is 2. The molecule has 1 atom stereocenters. The molecule has 1 fully saturated rings. The fraction of sp³-hybridized carbons (Fsp3) is 0.370. The molecule has 2 aliphatic rings. The van der Waals surface area contributed by atoms with E-state index in [2.05, 4.69) is 30.8 Å². The van der Waals surface area contributed by atoms with E-state index < -0.39 is 29.4 Å². The number of likely N-dealkylation sites (tertiary alicyclic amines) is 1. The summed E-state index contributed by atoms with van der Waals surface area (Å²) >= 11 is 0. The molecule has 212 valence electrons. The van der Waals surface area contributed by atoms with E-state index in [-0.39, 0.29) is 18.3 Å². The summed E-state index contributed by atoms with van der Waals surface area (Å²) in [7, 11) is 0. The van der Waals surface area contributed by atoms with Gasteiger partial charge in [-0.1, -0.05) is 11.3 Å². The molecule has 14 heteroatoms. The third-order valence-electron chi connectivity index (χ3n) is 7.00. The molecular formula is C27H26F2N8O4. The maximum absolute atomic E-state index is 13.1. The maximum atomic E-state index is 13.1. The Morgan fingerprint density at radius 1 is 1.17 bits per heavy atom.